The maximum absolute atomic E-state index is 15.2. The zero-order valence-electron chi connectivity index (χ0n) is 23.0. The van der Waals surface area contributed by atoms with Gasteiger partial charge in [-0.1, -0.05) is 30.9 Å². The molecule has 0 heterocycles. The van der Waals surface area contributed by atoms with Gasteiger partial charge in [-0.15, -0.1) is 5.73 Å². The predicted octanol–water partition coefficient (Wildman–Crippen LogP) is 6.88. The molecule has 8 heteroatoms. The van der Waals surface area contributed by atoms with Gasteiger partial charge in [0.15, 0.2) is 28.9 Å². The number of hydrogen-bond donors (Lipinski definition) is 1. The Morgan fingerprint density at radius 3 is 2.45 bits per heavy atom. The molecule has 212 valence electrons. The fourth-order valence-corrected chi connectivity index (χ4v) is 4.49. The third-order valence-corrected chi connectivity index (χ3v) is 7.07. The third kappa shape index (κ3) is 5.80. The number of nitrogens with one attached hydrogen (secondary N) is 1. The topological polar surface area (TPSA) is 73.9 Å². The molecule has 3 aliphatic carbocycles. The highest BCUT2D eigenvalue weighted by atomic mass is 19.1. The van der Waals surface area contributed by atoms with Gasteiger partial charge < -0.3 is 19.5 Å². The van der Waals surface area contributed by atoms with Crippen molar-refractivity contribution in [2.75, 3.05) is 19.5 Å². The monoisotopic (exact) mass is 567 g/mol. The number of benzene rings is 2. The van der Waals surface area contributed by atoms with E-state index >= 15 is 4.39 Å². The van der Waals surface area contributed by atoms with E-state index in [9.17, 15) is 14.0 Å². The summed E-state index contributed by atoms with van der Waals surface area (Å²) in [5, 5.41) is 2.67. The Bertz CT molecular complexity index is 1700. The highest BCUT2D eigenvalue weighted by Crippen LogP contribution is 2.48. The summed E-state index contributed by atoms with van der Waals surface area (Å²) in [6.45, 7) is 4.10. The van der Waals surface area contributed by atoms with Crippen LogP contribution < -0.4 is 10.1 Å². The largest absolute Gasteiger partial charge is 0.493 e. The number of rotatable bonds is 9. The van der Waals surface area contributed by atoms with Crippen molar-refractivity contribution in [1.29, 1.82) is 0 Å². The van der Waals surface area contributed by atoms with Crippen LogP contribution >= 0.6 is 0 Å². The molecule has 3 aliphatic rings. The number of ketones is 1. The van der Waals surface area contributed by atoms with Gasteiger partial charge in [0.1, 0.15) is 17.0 Å². The Morgan fingerprint density at radius 2 is 1.79 bits per heavy atom. The Balaban J connectivity index is 1.31. The maximum atomic E-state index is 15.2. The molecule has 0 saturated heterocycles. The van der Waals surface area contributed by atoms with Crippen molar-refractivity contribution < 1.29 is 32.6 Å². The number of amides is 1. The molecular formula is C34H27F2NO5. The van der Waals surface area contributed by atoms with Gasteiger partial charge in [-0.2, -0.15) is 0 Å². The minimum Gasteiger partial charge on any atom is -0.493 e. The molecule has 0 unspecified atom stereocenters. The van der Waals surface area contributed by atoms with Crippen molar-refractivity contribution in [1.82, 2.24) is 0 Å². The van der Waals surface area contributed by atoms with Crippen molar-refractivity contribution in [2.45, 2.75) is 12.8 Å². The van der Waals surface area contributed by atoms with Crippen molar-refractivity contribution in [3.05, 3.63) is 142 Å². The molecule has 0 aromatic heterocycles. The molecule has 5 rings (SSSR count). The zero-order valence-corrected chi connectivity index (χ0v) is 23.0. The summed E-state index contributed by atoms with van der Waals surface area (Å²) >= 11 is 0. The van der Waals surface area contributed by atoms with E-state index in [2.05, 4.69) is 17.6 Å². The summed E-state index contributed by atoms with van der Waals surface area (Å²) in [7, 11) is 3.05. The first-order chi connectivity index (χ1) is 20.2. The smallest absolute Gasteiger partial charge is 0.238 e. The van der Waals surface area contributed by atoms with Crippen molar-refractivity contribution >= 4 is 23.5 Å². The molecule has 0 bridgehead atoms. The van der Waals surface area contributed by atoms with Gasteiger partial charge in [0.2, 0.25) is 5.91 Å². The summed E-state index contributed by atoms with van der Waals surface area (Å²) in [6, 6.07) is 9.62. The van der Waals surface area contributed by atoms with E-state index in [1.54, 1.807) is 36.4 Å². The molecule has 2 aromatic rings. The van der Waals surface area contributed by atoms with Crippen LogP contribution in [0, 0.1) is 17.0 Å². The lowest BCUT2D eigenvalue weighted by Gasteiger charge is -2.14. The molecule has 1 N–H and O–H groups in total. The molecule has 0 atom stereocenters. The molecule has 0 radical (unpaired) electrons. The van der Waals surface area contributed by atoms with Crippen LogP contribution in [0.4, 0.5) is 14.5 Å². The second-order valence-electron chi connectivity index (χ2n) is 9.81. The Hall–Kier alpha value is -5.20. The summed E-state index contributed by atoms with van der Waals surface area (Å²) in [5.41, 5.74) is 4.67. The standard InChI is InChI=1S/C34H27F2NO5/c1-21-5-4-6-28(25-13-15-30(40-2)31(41-3)20-26(21)25)42-29-14-7-22(19-27(29)36)8-16-32(38)34(17-18-34)33(39)37-24-11-9-23(35)10-12-24/h4-12,14-16,19-20H,1,17-18H2,2-3H3,(H,37,39)/b16-8+. The number of anilines is 1. The highest BCUT2D eigenvalue weighted by molar-refractivity contribution is 6.18. The molecule has 6 nitrogen and oxygen atoms in total. The number of fused-ring (bicyclic) bond motifs is 1. The average molecular weight is 568 g/mol. The molecule has 42 heavy (non-hydrogen) atoms. The first-order valence-corrected chi connectivity index (χ1v) is 13.1. The van der Waals surface area contributed by atoms with Crippen molar-refractivity contribution in [2.24, 2.45) is 5.41 Å². The number of ether oxygens (including phenoxy) is 3. The van der Waals surface area contributed by atoms with Gasteiger partial charge in [0, 0.05) is 17.3 Å². The van der Waals surface area contributed by atoms with E-state index in [4.69, 9.17) is 14.2 Å². The predicted molar refractivity (Wildman–Crippen MR) is 155 cm³/mol. The number of halogens is 2. The maximum Gasteiger partial charge on any atom is 0.238 e. The van der Waals surface area contributed by atoms with E-state index in [1.165, 1.54) is 62.8 Å². The molecule has 0 spiro atoms. The molecule has 1 saturated carbocycles. The minimum atomic E-state index is -1.18. The summed E-state index contributed by atoms with van der Waals surface area (Å²) in [5.74, 6) is -0.678. The van der Waals surface area contributed by atoms with Crippen LogP contribution in [-0.4, -0.2) is 25.9 Å². The minimum absolute atomic E-state index is 0.0345. The van der Waals surface area contributed by atoms with Crippen LogP contribution in [0.3, 0.4) is 0 Å². The number of carbonyl (C=O) groups excluding carboxylic acids is 2. The van der Waals surface area contributed by atoms with Gasteiger partial charge in [-0.05, 0) is 78.6 Å². The van der Waals surface area contributed by atoms with Gasteiger partial charge in [0.25, 0.3) is 0 Å². The quantitative estimate of drug-likeness (QED) is 0.203. The third-order valence-electron chi connectivity index (χ3n) is 7.07. The Kier molecular flexibility index (Phi) is 7.91. The second kappa shape index (κ2) is 11.7. The van der Waals surface area contributed by atoms with Crippen molar-refractivity contribution in [3.63, 3.8) is 0 Å². The molecule has 0 aliphatic heterocycles. The number of carbonyl (C=O) groups is 2. The number of allylic oxidation sites excluding steroid dienone is 8. The van der Waals surface area contributed by atoms with Crippen LogP contribution in [-0.2, 0) is 19.1 Å². The van der Waals surface area contributed by atoms with Gasteiger partial charge in [-0.25, -0.2) is 8.78 Å². The zero-order chi connectivity index (χ0) is 29.9. The van der Waals surface area contributed by atoms with Gasteiger partial charge in [0.05, 0.1) is 19.8 Å². The normalized spacial score (nSPS) is 17.0. The van der Waals surface area contributed by atoms with Crippen LogP contribution in [0.15, 0.2) is 125 Å². The first-order valence-electron chi connectivity index (χ1n) is 13.1. The van der Waals surface area contributed by atoms with Crippen LogP contribution in [0.25, 0.3) is 6.08 Å². The Labute approximate surface area is 242 Å². The summed E-state index contributed by atoms with van der Waals surface area (Å²) in [6.07, 6.45) is 12.1. The second-order valence-corrected chi connectivity index (χ2v) is 9.81. The van der Waals surface area contributed by atoms with Gasteiger partial charge in [-0.3, -0.25) is 9.59 Å². The lowest BCUT2D eigenvalue weighted by molar-refractivity contribution is -0.130. The SMILES string of the molecule is C=C1C=CC=C(Oc2ccc(/C=C/C(=O)C3(C(=O)Nc4ccc(F)cc4)CC3)cc2F)C2=C=CC(OC)=C(OC)C=C12. The number of methoxy groups -OCH3 is 2. The number of hydrogen-bond acceptors (Lipinski definition) is 5. The molecular weight excluding hydrogens is 540 g/mol. The van der Waals surface area contributed by atoms with Gasteiger partial charge >= 0.3 is 0 Å². The van der Waals surface area contributed by atoms with Crippen molar-refractivity contribution in [3.8, 4) is 5.75 Å². The fraction of sp³-hybridized carbons (Fsp3) is 0.147. The summed E-state index contributed by atoms with van der Waals surface area (Å²) in [4.78, 5) is 25.7. The molecule has 2 aromatic carbocycles. The highest BCUT2D eigenvalue weighted by Gasteiger charge is 2.55. The van der Waals surface area contributed by atoms with Crippen LogP contribution in [0.2, 0.25) is 0 Å². The Morgan fingerprint density at radius 1 is 1.05 bits per heavy atom. The van der Waals surface area contributed by atoms with E-state index < -0.39 is 23.0 Å². The fourth-order valence-electron chi connectivity index (χ4n) is 4.49. The summed E-state index contributed by atoms with van der Waals surface area (Å²) < 4.78 is 45.2. The lowest BCUT2D eigenvalue weighted by Crippen LogP contribution is -2.30. The van der Waals surface area contributed by atoms with Crippen LogP contribution in [0.5, 0.6) is 5.75 Å². The average Bonchev–Trinajstić information content (AvgIpc) is 3.82. The molecule has 1 fully saturated rings. The van der Waals surface area contributed by atoms with Crippen LogP contribution in [0.1, 0.15) is 18.4 Å². The van der Waals surface area contributed by atoms with E-state index in [0.717, 1.165) is 0 Å². The molecule has 1 amide bonds. The van der Waals surface area contributed by atoms with E-state index in [1.807, 2.05) is 0 Å². The first kappa shape index (κ1) is 28.3. The lowest BCUT2D eigenvalue weighted by atomic mass is 9.98. The van der Waals surface area contributed by atoms with E-state index in [0.29, 0.717) is 58.1 Å². The van der Waals surface area contributed by atoms with E-state index in [-0.39, 0.29) is 11.5 Å².